The van der Waals surface area contributed by atoms with Crippen LogP contribution in [0.4, 0.5) is 0 Å². The van der Waals surface area contributed by atoms with Crippen LogP contribution in [-0.4, -0.2) is 63.9 Å². The van der Waals surface area contributed by atoms with Gasteiger partial charge in [-0.2, -0.15) is 0 Å². The largest absolute Gasteiger partial charge is 0.497 e. The molecule has 2 aromatic rings. The van der Waals surface area contributed by atoms with E-state index in [2.05, 4.69) is 34.2 Å². The molecular weight excluding hydrogens is 380 g/mol. The summed E-state index contributed by atoms with van der Waals surface area (Å²) in [5.74, 6) is 2.58. The van der Waals surface area contributed by atoms with E-state index in [1.54, 1.807) is 13.4 Å². The molecule has 1 saturated heterocycles. The lowest BCUT2D eigenvalue weighted by molar-refractivity contribution is 0.0179. The highest BCUT2D eigenvalue weighted by molar-refractivity contribution is 5.79. The third-order valence-corrected chi connectivity index (χ3v) is 5.07. The van der Waals surface area contributed by atoms with Gasteiger partial charge in [-0.25, -0.2) is 0 Å². The van der Waals surface area contributed by atoms with Crippen molar-refractivity contribution in [2.24, 2.45) is 4.99 Å². The number of furan rings is 1. The Morgan fingerprint density at radius 2 is 2.03 bits per heavy atom. The third-order valence-electron chi connectivity index (χ3n) is 5.07. The Kier molecular flexibility index (Phi) is 8.80. The molecule has 1 aliphatic rings. The highest BCUT2D eigenvalue weighted by atomic mass is 16.5. The summed E-state index contributed by atoms with van der Waals surface area (Å²) in [6.45, 7) is 9.11. The minimum absolute atomic E-state index is 0.173. The Balaban J connectivity index is 1.69. The maximum absolute atomic E-state index is 5.55. The maximum Gasteiger partial charge on any atom is 0.191 e. The van der Waals surface area contributed by atoms with Crippen LogP contribution in [0.5, 0.6) is 5.75 Å². The molecule has 1 aromatic heterocycles. The summed E-state index contributed by atoms with van der Waals surface area (Å²) in [5, 5.41) is 6.69. The molecule has 0 bridgehead atoms. The lowest BCUT2D eigenvalue weighted by Crippen LogP contribution is -2.42. The van der Waals surface area contributed by atoms with Gasteiger partial charge in [0.05, 0.1) is 39.2 Å². The molecule has 1 atom stereocenters. The van der Waals surface area contributed by atoms with Gasteiger partial charge in [-0.3, -0.25) is 9.89 Å². The molecule has 1 fully saturated rings. The molecule has 0 radical (unpaired) electrons. The molecule has 2 heterocycles. The number of methoxy groups -OCH3 is 1. The molecule has 0 spiro atoms. The monoisotopic (exact) mass is 412 g/mol. The first-order valence-corrected chi connectivity index (χ1v) is 10.4. The Hall–Kier alpha value is -2.77. The Labute approximate surface area is 178 Å². The number of hydrogen-bond donors (Lipinski definition) is 2. The number of nitrogens with zero attached hydrogens (tertiary/aromatic N) is 2. The molecular formula is C23H32N4O3. The van der Waals surface area contributed by atoms with Gasteiger partial charge in [0.15, 0.2) is 5.96 Å². The summed E-state index contributed by atoms with van der Waals surface area (Å²) in [4.78, 5) is 7.31. The summed E-state index contributed by atoms with van der Waals surface area (Å²) in [6.07, 6.45) is 4.32. The molecule has 3 rings (SSSR count). The van der Waals surface area contributed by atoms with Crippen LogP contribution in [0.3, 0.4) is 0 Å². The lowest BCUT2D eigenvalue weighted by atomic mass is 10.0. The summed E-state index contributed by atoms with van der Waals surface area (Å²) in [6, 6.07) is 12.3. The standard InChI is InChI=1S/C23H32N4O3/c1-3-11-24-23(25-12-10-21-5-4-15-30-21)26-18-22(27-13-16-29-17-14-27)19-6-8-20(28-2)9-7-19/h3-9,15,22H,1,10-14,16-18H2,2H3,(H2,24,25,26). The second-order valence-corrected chi connectivity index (χ2v) is 7.05. The first-order chi connectivity index (χ1) is 14.8. The number of aliphatic imine (C=N–C) groups is 1. The van der Waals surface area contributed by atoms with E-state index in [-0.39, 0.29) is 6.04 Å². The second kappa shape index (κ2) is 12.0. The van der Waals surface area contributed by atoms with Crippen LogP contribution >= 0.6 is 0 Å². The van der Waals surface area contributed by atoms with Gasteiger partial charge in [0.25, 0.3) is 0 Å². The van der Waals surface area contributed by atoms with Gasteiger partial charge in [-0.05, 0) is 29.8 Å². The normalized spacial score (nSPS) is 16.1. The molecule has 0 amide bonds. The van der Waals surface area contributed by atoms with Crippen LogP contribution in [0, 0.1) is 0 Å². The van der Waals surface area contributed by atoms with E-state index in [1.165, 1.54) is 5.56 Å². The minimum Gasteiger partial charge on any atom is -0.497 e. The second-order valence-electron chi connectivity index (χ2n) is 7.05. The topological polar surface area (TPSA) is 71.3 Å². The van der Waals surface area contributed by atoms with Crippen molar-refractivity contribution >= 4 is 5.96 Å². The van der Waals surface area contributed by atoms with Crippen LogP contribution in [0.25, 0.3) is 0 Å². The number of ether oxygens (including phenoxy) is 2. The van der Waals surface area contributed by atoms with E-state index in [9.17, 15) is 0 Å². The van der Waals surface area contributed by atoms with Gasteiger partial charge in [-0.1, -0.05) is 18.2 Å². The fourth-order valence-electron chi connectivity index (χ4n) is 3.43. The first-order valence-electron chi connectivity index (χ1n) is 10.4. The third kappa shape index (κ3) is 6.64. The van der Waals surface area contributed by atoms with Crippen LogP contribution in [0.15, 0.2) is 64.7 Å². The fraction of sp³-hybridized carbons (Fsp3) is 0.435. The fourth-order valence-corrected chi connectivity index (χ4v) is 3.43. The summed E-state index contributed by atoms with van der Waals surface area (Å²) in [7, 11) is 1.69. The molecule has 30 heavy (non-hydrogen) atoms. The van der Waals surface area contributed by atoms with Gasteiger partial charge < -0.3 is 24.5 Å². The zero-order chi connectivity index (χ0) is 21.0. The average molecular weight is 413 g/mol. The van der Waals surface area contributed by atoms with Crippen molar-refractivity contribution in [1.82, 2.24) is 15.5 Å². The van der Waals surface area contributed by atoms with Crippen molar-refractivity contribution in [3.8, 4) is 5.75 Å². The number of nitrogens with one attached hydrogen (secondary N) is 2. The molecule has 162 valence electrons. The van der Waals surface area contributed by atoms with Gasteiger partial charge in [0.2, 0.25) is 0 Å². The van der Waals surface area contributed by atoms with E-state index < -0.39 is 0 Å². The van der Waals surface area contributed by atoms with Gasteiger partial charge in [0.1, 0.15) is 11.5 Å². The van der Waals surface area contributed by atoms with Crippen molar-refractivity contribution in [3.05, 3.63) is 66.6 Å². The number of morpholine rings is 1. The molecule has 1 aromatic carbocycles. The van der Waals surface area contributed by atoms with E-state index in [4.69, 9.17) is 18.9 Å². The van der Waals surface area contributed by atoms with Gasteiger partial charge in [-0.15, -0.1) is 6.58 Å². The highest BCUT2D eigenvalue weighted by Crippen LogP contribution is 2.24. The van der Waals surface area contributed by atoms with Crippen LogP contribution in [0.1, 0.15) is 17.4 Å². The smallest absolute Gasteiger partial charge is 0.191 e. The Bertz CT molecular complexity index is 768. The number of rotatable bonds is 10. The maximum atomic E-state index is 5.55. The minimum atomic E-state index is 0.173. The van der Waals surface area contributed by atoms with Gasteiger partial charge >= 0.3 is 0 Å². The zero-order valence-corrected chi connectivity index (χ0v) is 17.7. The number of benzene rings is 1. The molecule has 2 N–H and O–H groups in total. The van der Waals surface area contributed by atoms with Crippen molar-refractivity contribution in [2.75, 3.05) is 53.0 Å². The summed E-state index contributed by atoms with van der Waals surface area (Å²) >= 11 is 0. The van der Waals surface area contributed by atoms with E-state index in [0.29, 0.717) is 13.1 Å². The van der Waals surface area contributed by atoms with Crippen LogP contribution in [-0.2, 0) is 11.2 Å². The Morgan fingerprint density at radius 3 is 2.70 bits per heavy atom. The van der Waals surface area contributed by atoms with Crippen LogP contribution < -0.4 is 15.4 Å². The average Bonchev–Trinajstić information content (AvgIpc) is 3.32. The van der Waals surface area contributed by atoms with E-state index >= 15 is 0 Å². The van der Waals surface area contributed by atoms with Crippen molar-refractivity contribution in [1.29, 1.82) is 0 Å². The van der Waals surface area contributed by atoms with Crippen LogP contribution in [0.2, 0.25) is 0 Å². The van der Waals surface area contributed by atoms with Gasteiger partial charge in [0, 0.05) is 32.6 Å². The van der Waals surface area contributed by atoms with E-state index in [0.717, 1.165) is 56.7 Å². The predicted molar refractivity (Wildman–Crippen MR) is 119 cm³/mol. The predicted octanol–water partition coefficient (Wildman–Crippen LogP) is 2.63. The summed E-state index contributed by atoms with van der Waals surface area (Å²) in [5.41, 5.74) is 1.22. The SMILES string of the molecule is C=CCNC(=NCC(c1ccc(OC)cc1)N1CCOCC1)NCCc1ccco1. The first kappa shape index (κ1) is 21.9. The van der Waals surface area contributed by atoms with E-state index in [1.807, 2.05) is 30.3 Å². The molecule has 1 unspecified atom stereocenters. The number of guanidine groups is 1. The van der Waals surface area contributed by atoms with Crippen molar-refractivity contribution < 1.29 is 13.9 Å². The van der Waals surface area contributed by atoms with Crippen molar-refractivity contribution in [3.63, 3.8) is 0 Å². The number of hydrogen-bond acceptors (Lipinski definition) is 5. The molecule has 7 nitrogen and oxygen atoms in total. The Morgan fingerprint density at radius 1 is 1.23 bits per heavy atom. The lowest BCUT2D eigenvalue weighted by Gasteiger charge is -2.34. The molecule has 0 aliphatic carbocycles. The summed E-state index contributed by atoms with van der Waals surface area (Å²) < 4.78 is 16.3. The van der Waals surface area contributed by atoms with Crippen molar-refractivity contribution in [2.45, 2.75) is 12.5 Å². The quantitative estimate of drug-likeness (QED) is 0.355. The molecule has 7 heteroatoms. The zero-order valence-electron chi connectivity index (χ0n) is 17.7. The highest BCUT2D eigenvalue weighted by Gasteiger charge is 2.22. The molecule has 0 saturated carbocycles. The molecule has 1 aliphatic heterocycles.